The average molecular weight is 281 g/mol. The molecule has 0 N–H and O–H groups in total. The van der Waals surface area contributed by atoms with Crippen molar-refractivity contribution in [1.29, 1.82) is 0 Å². The summed E-state index contributed by atoms with van der Waals surface area (Å²) < 4.78 is 23.6. The zero-order chi connectivity index (χ0) is 13.2. The number of hydrogen-bond donors (Lipinski definition) is 0. The molecule has 0 heterocycles. The van der Waals surface area contributed by atoms with Crippen molar-refractivity contribution in [2.45, 2.75) is 11.8 Å². The van der Waals surface area contributed by atoms with Crippen molar-refractivity contribution in [3.63, 3.8) is 0 Å². The molecule has 0 fully saturated rings. The second kappa shape index (κ2) is 5.12. The Morgan fingerprint density at radius 3 is 2.28 bits per heavy atom. The van der Waals surface area contributed by atoms with Gasteiger partial charge in [-0.1, -0.05) is 42.8 Å². The number of halogens is 1. The van der Waals surface area contributed by atoms with Crippen LogP contribution in [0.3, 0.4) is 0 Å². The van der Waals surface area contributed by atoms with Gasteiger partial charge in [0.05, 0.1) is 10.6 Å². The van der Waals surface area contributed by atoms with E-state index >= 15 is 0 Å². The van der Waals surface area contributed by atoms with Gasteiger partial charge in [-0.05, 0) is 35.4 Å². The van der Waals surface area contributed by atoms with Crippen LogP contribution in [0, 0.1) is 0 Å². The highest BCUT2D eigenvalue weighted by Gasteiger charge is 2.11. The number of sulfone groups is 1. The van der Waals surface area contributed by atoms with Crippen LogP contribution in [-0.2, 0) is 9.84 Å². The molecule has 0 atom stereocenters. The van der Waals surface area contributed by atoms with E-state index in [2.05, 4.69) is 0 Å². The third-order valence-corrected chi connectivity index (χ3v) is 4.73. The minimum absolute atomic E-state index is 0.108. The fraction of sp³-hybridized carbons (Fsp3) is 0.143. The topological polar surface area (TPSA) is 34.1 Å². The smallest absolute Gasteiger partial charge is 0.178 e. The molecule has 0 aliphatic rings. The van der Waals surface area contributed by atoms with Crippen LogP contribution in [-0.4, -0.2) is 14.2 Å². The molecule has 2 nitrogen and oxygen atoms in total. The lowest BCUT2D eigenvalue weighted by molar-refractivity contribution is 0.597. The van der Waals surface area contributed by atoms with E-state index < -0.39 is 9.84 Å². The van der Waals surface area contributed by atoms with Gasteiger partial charge in [0.1, 0.15) is 0 Å². The van der Waals surface area contributed by atoms with Gasteiger partial charge in [-0.25, -0.2) is 8.42 Å². The highest BCUT2D eigenvalue weighted by molar-refractivity contribution is 7.91. The molecule has 0 saturated carbocycles. The number of hydrogen-bond acceptors (Lipinski definition) is 2. The molecule has 2 aromatic carbocycles. The molecular weight excluding hydrogens is 268 g/mol. The first-order chi connectivity index (χ1) is 8.53. The first kappa shape index (κ1) is 13.1. The Hall–Kier alpha value is -1.32. The van der Waals surface area contributed by atoms with E-state index in [0.29, 0.717) is 9.92 Å². The summed E-state index contributed by atoms with van der Waals surface area (Å²) in [7, 11) is -3.16. The van der Waals surface area contributed by atoms with Crippen molar-refractivity contribution in [1.82, 2.24) is 0 Å². The summed E-state index contributed by atoms with van der Waals surface area (Å²) in [6, 6.07) is 14.3. The molecule has 0 radical (unpaired) electrons. The van der Waals surface area contributed by atoms with Crippen molar-refractivity contribution in [3.05, 3.63) is 53.6 Å². The molecule has 2 aromatic rings. The summed E-state index contributed by atoms with van der Waals surface area (Å²) in [6.45, 7) is 1.64. The van der Waals surface area contributed by atoms with Crippen LogP contribution >= 0.6 is 11.6 Å². The van der Waals surface area contributed by atoms with Crippen molar-refractivity contribution in [2.24, 2.45) is 0 Å². The molecule has 0 aromatic heterocycles. The van der Waals surface area contributed by atoms with Crippen molar-refractivity contribution in [2.75, 3.05) is 5.75 Å². The highest BCUT2D eigenvalue weighted by atomic mass is 35.5. The van der Waals surface area contributed by atoms with Crippen LogP contribution < -0.4 is 0 Å². The molecule has 0 spiro atoms. The lowest BCUT2D eigenvalue weighted by atomic mass is 10.1. The molecule has 0 aliphatic heterocycles. The normalized spacial score (nSPS) is 11.4. The van der Waals surface area contributed by atoms with Gasteiger partial charge in [0, 0.05) is 5.02 Å². The third kappa shape index (κ3) is 2.74. The monoisotopic (exact) mass is 280 g/mol. The Balaban J connectivity index is 2.48. The van der Waals surface area contributed by atoms with E-state index in [4.69, 9.17) is 11.6 Å². The fourth-order valence-electron chi connectivity index (χ4n) is 1.68. The number of benzene rings is 2. The zero-order valence-corrected chi connectivity index (χ0v) is 11.5. The Bertz CT molecular complexity index is 646. The van der Waals surface area contributed by atoms with E-state index in [1.807, 2.05) is 18.2 Å². The second-order valence-electron chi connectivity index (χ2n) is 3.94. The SMILES string of the molecule is CCS(=O)(=O)c1cccc(-c2ccc(Cl)cc2)c1. The Kier molecular flexibility index (Phi) is 3.73. The molecule has 0 amide bonds. The van der Waals surface area contributed by atoms with Gasteiger partial charge in [-0.3, -0.25) is 0 Å². The van der Waals surface area contributed by atoms with Crippen molar-refractivity contribution < 1.29 is 8.42 Å². The summed E-state index contributed by atoms with van der Waals surface area (Å²) in [6.07, 6.45) is 0. The summed E-state index contributed by atoms with van der Waals surface area (Å²) in [5.74, 6) is 0.108. The van der Waals surface area contributed by atoms with Crippen LogP contribution in [0.25, 0.3) is 11.1 Å². The second-order valence-corrected chi connectivity index (χ2v) is 6.65. The van der Waals surface area contributed by atoms with E-state index in [1.165, 1.54) is 0 Å². The molecular formula is C14H13ClO2S. The van der Waals surface area contributed by atoms with Gasteiger partial charge in [-0.2, -0.15) is 0 Å². The minimum atomic E-state index is -3.16. The minimum Gasteiger partial charge on any atom is -0.224 e. The molecule has 2 rings (SSSR count). The van der Waals surface area contributed by atoms with E-state index in [0.717, 1.165) is 11.1 Å². The quantitative estimate of drug-likeness (QED) is 0.857. The molecule has 0 bridgehead atoms. The molecule has 18 heavy (non-hydrogen) atoms. The molecule has 0 saturated heterocycles. The van der Waals surface area contributed by atoms with Crippen molar-refractivity contribution in [3.8, 4) is 11.1 Å². The predicted molar refractivity (Wildman–Crippen MR) is 74.6 cm³/mol. The van der Waals surface area contributed by atoms with Crippen LogP contribution in [0.5, 0.6) is 0 Å². The van der Waals surface area contributed by atoms with Gasteiger partial charge >= 0.3 is 0 Å². The van der Waals surface area contributed by atoms with Crippen LogP contribution in [0.2, 0.25) is 5.02 Å². The van der Waals surface area contributed by atoms with Crippen LogP contribution in [0.15, 0.2) is 53.4 Å². The van der Waals surface area contributed by atoms with Gasteiger partial charge in [0.25, 0.3) is 0 Å². The predicted octanol–water partition coefficient (Wildman–Crippen LogP) is 3.80. The maximum atomic E-state index is 11.8. The highest BCUT2D eigenvalue weighted by Crippen LogP contribution is 2.24. The maximum absolute atomic E-state index is 11.8. The molecule has 4 heteroatoms. The first-order valence-corrected chi connectivity index (χ1v) is 7.65. The van der Waals surface area contributed by atoms with Crippen LogP contribution in [0.4, 0.5) is 0 Å². The molecule has 94 valence electrons. The van der Waals surface area contributed by atoms with E-state index in [9.17, 15) is 8.42 Å². The Labute approximate surface area is 112 Å². The van der Waals surface area contributed by atoms with E-state index in [-0.39, 0.29) is 5.75 Å². The Morgan fingerprint density at radius 2 is 1.67 bits per heavy atom. The zero-order valence-electron chi connectivity index (χ0n) is 9.93. The molecule has 0 unspecified atom stereocenters. The van der Waals surface area contributed by atoms with Gasteiger partial charge in [-0.15, -0.1) is 0 Å². The standard InChI is InChI=1S/C14H13ClO2S/c1-2-18(16,17)14-5-3-4-12(10-14)11-6-8-13(15)9-7-11/h3-10H,2H2,1H3. The maximum Gasteiger partial charge on any atom is 0.178 e. The lowest BCUT2D eigenvalue weighted by Gasteiger charge is -2.05. The summed E-state index contributed by atoms with van der Waals surface area (Å²) in [5.41, 5.74) is 1.83. The van der Waals surface area contributed by atoms with Gasteiger partial charge < -0.3 is 0 Å². The lowest BCUT2D eigenvalue weighted by Crippen LogP contribution is -2.03. The van der Waals surface area contributed by atoms with Gasteiger partial charge in [0.2, 0.25) is 0 Å². The fourth-order valence-corrected chi connectivity index (χ4v) is 2.73. The van der Waals surface area contributed by atoms with Crippen LogP contribution in [0.1, 0.15) is 6.92 Å². The summed E-state index contributed by atoms with van der Waals surface area (Å²) in [5, 5.41) is 0.663. The van der Waals surface area contributed by atoms with Crippen molar-refractivity contribution >= 4 is 21.4 Å². The van der Waals surface area contributed by atoms with Gasteiger partial charge in [0.15, 0.2) is 9.84 Å². The van der Waals surface area contributed by atoms with E-state index in [1.54, 1.807) is 37.3 Å². The Morgan fingerprint density at radius 1 is 1.00 bits per heavy atom. The third-order valence-electron chi connectivity index (χ3n) is 2.75. The summed E-state index contributed by atoms with van der Waals surface area (Å²) >= 11 is 5.83. The first-order valence-electron chi connectivity index (χ1n) is 5.61. The largest absolute Gasteiger partial charge is 0.224 e. The molecule has 0 aliphatic carbocycles. The number of rotatable bonds is 3. The average Bonchev–Trinajstić information content (AvgIpc) is 2.40. The summed E-state index contributed by atoms with van der Waals surface area (Å²) in [4.78, 5) is 0.359.